The number of carbonyl (C=O) groups is 3. The van der Waals surface area contributed by atoms with E-state index in [1.165, 1.54) is 4.90 Å². The van der Waals surface area contributed by atoms with E-state index in [9.17, 15) is 14.4 Å². The normalized spacial score (nSPS) is 22.7. The summed E-state index contributed by atoms with van der Waals surface area (Å²) in [4.78, 5) is 36.1. The molecule has 21 heavy (non-hydrogen) atoms. The Bertz CT molecular complexity index is 400. The summed E-state index contributed by atoms with van der Waals surface area (Å²) in [6.07, 6.45) is 1.72. The fraction of sp³-hybridized carbons (Fsp3) is 0.786. The molecule has 1 aliphatic heterocycles. The average Bonchev–Trinajstić information content (AvgIpc) is 2.80. The molecule has 3 unspecified atom stereocenters. The molecular formula is C14H25N3O4. The van der Waals surface area contributed by atoms with Crippen LogP contribution in [0.4, 0.5) is 4.79 Å². The zero-order valence-electron chi connectivity index (χ0n) is 12.9. The summed E-state index contributed by atoms with van der Waals surface area (Å²) in [5.74, 6) is -1.15. The van der Waals surface area contributed by atoms with Crippen LogP contribution in [0.3, 0.4) is 0 Å². The highest BCUT2D eigenvalue weighted by atomic mass is 16.4. The first-order valence-electron chi connectivity index (χ1n) is 7.43. The first-order valence-corrected chi connectivity index (χ1v) is 7.43. The van der Waals surface area contributed by atoms with Crippen LogP contribution in [0.1, 0.15) is 40.0 Å². The van der Waals surface area contributed by atoms with E-state index >= 15 is 0 Å². The molecular weight excluding hydrogens is 274 g/mol. The number of nitrogens with one attached hydrogen (secondary N) is 2. The SMILES string of the molecule is CCC(C)NC(=O)CCNC(=O)N1CCC(C)C1C(=O)O. The van der Waals surface area contributed by atoms with Crippen LogP contribution in [-0.2, 0) is 9.59 Å². The molecule has 7 nitrogen and oxygen atoms in total. The third-order valence-electron chi connectivity index (χ3n) is 3.86. The van der Waals surface area contributed by atoms with E-state index in [0.717, 1.165) is 6.42 Å². The number of carboxylic acid groups (broad SMARTS) is 1. The van der Waals surface area contributed by atoms with Crippen LogP contribution in [-0.4, -0.2) is 53.1 Å². The highest BCUT2D eigenvalue weighted by Gasteiger charge is 2.39. The van der Waals surface area contributed by atoms with E-state index in [4.69, 9.17) is 5.11 Å². The summed E-state index contributed by atoms with van der Waals surface area (Å²) in [7, 11) is 0. The van der Waals surface area contributed by atoms with Crippen LogP contribution < -0.4 is 10.6 Å². The molecule has 3 N–H and O–H groups in total. The van der Waals surface area contributed by atoms with Crippen molar-refractivity contribution in [3.63, 3.8) is 0 Å². The van der Waals surface area contributed by atoms with E-state index in [0.29, 0.717) is 13.0 Å². The summed E-state index contributed by atoms with van der Waals surface area (Å²) in [6, 6.07) is -1.08. The summed E-state index contributed by atoms with van der Waals surface area (Å²) in [5, 5.41) is 14.6. The van der Waals surface area contributed by atoms with E-state index in [-0.39, 0.29) is 30.8 Å². The van der Waals surface area contributed by atoms with Crippen LogP contribution in [0.15, 0.2) is 0 Å². The number of rotatable bonds is 6. The minimum atomic E-state index is -0.982. The molecule has 0 aromatic rings. The van der Waals surface area contributed by atoms with Crippen molar-refractivity contribution in [3.8, 4) is 0 Å². The first kappa shape index (κ1) is 17.3. The largest absolute Gasteiger partial charge is 0.480 e. The molecule has 1 fully saturated rings. The van der Waals surface area contributed by atoms with Gasteiger partial charge in [-0.05, 0) is 25.7 Å². The van der Waals surface area contributed by atoms with Gasteiger partial charge < -0.3 is 20.6 Å². The number of urea groups is 1. The Morgan fingerprint density at radius 3 is 2.62 bits per heavy atom. The number of likely N-dealkylation sites (tertiary alicyclic amines) is 1. The molecule has 1 heterocycles. The lowest BCUT2D eigenvalue weighted by Gasteiger charge is -2.23. The van der Waals surface area contributed by atoms with Gasteiger partial charge in [0.05, 0.1) is 0 Å². The third kappa shape index (κ3) is 4.91. The number of carboxylic acids is 1. The average molecular weight is 299 g/mol. The second-order valence-electron chi connectivity index (χ2n) is 5.60. The molecule has 0 spiro atoms. The second kappa shape index (κ2) is 7.85. The lowest BCUT2D eigenvalue weighted by atomic mass is 10.0. The maximum Gasteiger partial charge on any atom is 0.326 e. The van der Waals surface area contributed by atoms with Gasteiger partial charge in [-0.15, -0.1) is 0 Å². The molecule has 7 heteroatoms. The molecule has 0 aromatic carbocycles. The second-order valence-corrected chi connectivity index (χ2v) is 5.60. The van der Waals surface area contributed by atoms with Gasteiger partial charge in [-0.1, -0.05) is 13.8 Å². The lowest BCUT2D eigenvalue weighted by Crippen LogP contribution is -2.48. The predicted octanol–water partition coefficient (Wildman–Crippen LogP) is 0.796. The number of carbonyl (C=O) groups excluding carboxylic acids is 2. The highest BCUT2D eigenvalue weighted by molar-refractivity contribution is 5.84. The van der Waals surface area contributed by atoms with Crippen LogP contribution in [0, 0.1) is 5.92 Å². The molecule has 120 valence electrons. The van der Waals surface area contributed by atoms with Gasteiger partial charge in [0, 0.05) is 25.6 Å². The molecule has 0 bridgehead atoms. The minimum absolute atomic E-state index is 0.0537. The zero-order chi connectivity index (χ0) is 16.0. The number of nitrogens with zero attached hydrogens (tertiary/aromatic N) is 1. The van der Waals surface area contributed by atoms with Crippen molar-refractivity contribution < 1.29 is 19.5 Å². The van der Waals surface area contributed by atoms with Gasteiger partial charge in [-0.25, -0.2) is 9.59 Å². The van der Waals surface area contributed by atoms with Crippen molar-refractivity contribution >= 4 is 17.9 Å². The number of hydrogen-bond donors (Lipinski definition) is 3. The van der Waals surface area contributed by atoms with E-state index in [1.807, 2.05) is 20.8 Å². The molecule has 3 amide bonds. The van der Waals surface area contributed by atoms with Gasteiger partial charge >= 0.3 is 12.0 Å². The van der Waals surface area contributed by atoms with Gasteiger partial charge in [-0.2, -0.15) is 0 Å². The van der Waals surface area contributed by atoms with Crippen LogP contribution >= 0.6 is 0 Å². The van der Waals surface area contributed by atoms with E-state index in [1.54, 1.807) is 0 Å². The van der Waals surface area contributed by atoms with E-state index in [2.05, 4.69) is 10.6 Å². The Hall–Kier alpha value is -1.79. The molecule has 1 rings (SSSR count). The Labute approximate surface area is 125 Å². The topological polar surface area (TPSA) is 98.7 Å². The molecule has 0 radical (unpaired) electrons. The highest BCUT2D eigenvalue weighted by Crippen LogP contribution is 2.23. The van der Waals surface area contributed by atoms with Crippen molar-refractivity contribution in [1.29, 1.82) is 0 Å². The predicted molar refractivity (Wildman–Crippen MR) is 77.8 cm³/mol. The quantitative estimate of drug-likeness (QED) is 0.675. The van der Waals surface area contributed by atoms with Gasteiger partial charge in [-0.3, -0.25) is 4.79 Å². The fourth-order valence-electron chi connectivity index (χ4n) is 2.38. The molecule has 0 aliphatic carbocycles. The smallest absolute Gasteiger partial charge is 0.326 e. The summed E-state index contributed by atoms with van der Waals surface area (Å²) in [5.41, 5.74) is 0. The van der Waals surface area contributed by atoms with Crippen molar-refractivity contribution in [2.24, 2.45) is 5.92 Å². The standard InChI is InChI=1S/C14H25N3O4/c1-4-10(3)16-11(18)5-7-15-14(21)17-8-6-9(2)12(17)13(19)20/h9-10,12H,4-8H2,1-3H3,(H,15,21)(H,16,18)(H,19,20). The molecule has 3 atom stereocenters. The zero-order valence-corrected chi connectivity index (χ0v) is 12.9. The van der Waals surface area contributed by atoms with Crippen molar-refractivity contribution in [2.45, 2.75) is 52.1 Å². The number of hydrogen-bond acceptors (Lipinski definition) is 3. The van der Waals surface area contributed by atoms with Gasteiger partial charge in [0.2, 0.25) is 5.91 Å². The molecule has 0 saturated carbocycles. The van der Waals surface area contributed by atoms with Crippen molar-refractivity contribution in [2.75, 3.05) is 13.1 Å². The number of amides is 3. The molecule has 1 aliphatic rings. The van der Waals surface area contributed by atoms with Crippen LogP contribution in [0.25, 0.3) is 0 Å². The van der Waals surface area contributed by atoms with Crippen molar-refractivity contribution in [1.82, 2.24) is 15.5 Å². The summed E-state index contributed by atoms with van der Waals surface area (Å²) >= 11 is 0. The maximum atomic E-state index is 12.0. The van der Waals surface area contributed by atoms with Crippen LogP contribution in [0.2, 0.25) is 0 Å². The first-order chi connectivity index (χ1) is 9.86. The maximum absolute atomic E-state index is 12.0. The Morgan fingerprint density at radius 2 is 2.05 bits per heavy atom. The molecule has 1 saturated heterocycles. The van der Waals surface area contributed by atoms with E-state index < -0.39 is 18.0 Å². The summed E-state index contributed by atoms with van der Waals surface area (Å²) in [6.45, 7) is 6.36. The Morgan fingerprint density at radius 1 is 1.38 bits per heavy atom. The number of aliphatic carboxylic acids is 1. The molecule has 0 aromatic heterocycles. The monoisotopic (exact) mass is 299 g/mol. The Kier molecular flexibility index (Phi) is 6.45. The fourth-order valence-corrected chi connectivity index (χ4v) is 2.38. The lowest BCUT2D eigenvalue weighted by molar-refractivity contribution is -0.142. The van der Waals surface area contributed by atoms with Gasteiger partial charge in [0.25, 0.3) is 0 Å². The van der Waals surface area contributed by atoms with Gasteiger partial charge in [0.1, 0.15) is 6.04 Å². The minimum Gasteiger partial charge on any atom is -0.480 e. The third-order valence-corrected chi connectivity index (χ3v) is 3.86. The van der Waals surface area contributed by atoms with Gasteiger partial charge in [0.15, 0.2) is 0 Å². The summed E-state index contributed by atoms with van der Waals surface area (Å²) < 4.78 is 0. The van der Waals surface area contributed by atoms with Crippen molar-refractivity contribution in [3.05, 3.63) is 0 Å². The Balaban J connectivity index is 2.37. The van der Waals surface area contributed by atoms with Crippen LogP contribution in [0.5, 0.6) is 0 Å².